The molecule has 3 aliphatic rings. The second kappa shape index (κ2) is 18.4. The minimum Gasteiger partial charge on any atom is -0.491 e. The number of aryl methyl sites for hydroxylation is 2. The van der Waals surface area contributed by atoms with Crippen LogP contribution in [0.25, 0.3) is 5.00 Å². The molecule has 3 aromatic carbocycles. The van der Waals surface area contributed by atoms with Crippen LogP contribution in [0.2, 0.25) is 5.02 Å². The zero-order valence-corrected chi connectivity index (χ0v) is 35.9. The molecule has 0 bridgehead atoms. The number of nitrogens with zero attached hydrogens (tertiary/aromatic N) is 5. The van der Waals surface area contributed by atoms with Crippen LogP contribution in [0.1, 0.15) is 79.2 Å². The van der Waals surface area contributed by atoms with Gasteiger partial charge in [-0.25, -0.2) is 0 Å². The summed E-state index contributed by atoms with van der Waals surface area (Å²) in [5.74, 6) is 0.474. The van der Waals surface area contributed by atoms with Gasteiger partial charge in [-0.15, -0.1) is 21.5 Å². The quantitative estimate of drug-likeness (QED) is 0.0801. The molecule has 2 aromatic heterocycles. The zero-order chi connectivity index (χ0) is 43.5. The standard InChI is InChI=1S/C45H44ClN7O8S/c1-25-8-17-35(42(55)47-25)53-43(56)33-6-5-7-36(39(33)44(53)57)61-23-21-59-19-18-58-20-22-60-32-15-13-31(14-16-32)48-37(54)24-34-41-51-50-28(4)52(41)45-38(26(2)27(3)62-45)40(49-34)29-9-11-30(46)12-10-29/h5-7,9-16,34-35H,1,8,17-24H2,2-4H3,(H,47,55)(H,48,54)/t34-,35?/m0/s1. The van der Waals surface area contributed by atoms with E-state index in [2.05, 4.69) is 41.3 Å². The van der Waals surface area contributed by atoms with E-state index in [1.165, 1.54) is 4.88 Å². The second-order valence-corrected chi connectivity index (χ2v) is 16.5. The number of rotatable bonds is 16. The first kappa shape index (κ1) is 42.5. The third-order valence-electron chi connectivity index (χ3n) is 10.8. The van der Waals surface area contributed by atoms with Gasteiger partial charge in [0.15, 0.2) is 5.82 Å². The third-order valence-corrected chi connectivity index (χ3v) is 12.2. The maximum absolute atomic E-state index is 13.5. The van der Waals surface area contributed by atoms with E-state index in [0.717, 1.165) is 38.1 Å². The van der Waals surface area contributed by atoms with E-state index in [1.54, 1.807) is 53.8 Å². The maximum atomic E-state index is 13.5. The number of aromatic nitrogens is 3. The SMILES string of the molecule is C=C1CCC(N2C(=O)c3cccc(OCCOCCOCCOc4ccc(NC(=O)C[C@@H]5N=C(c6ccc(Cl)cc6)c6c(sc(C)c6C)-n6c(C)nnc65)cc4)c3C2=O)C(=O)N1. The Bertz CT molecular complexity index is 2590. The Morgan fingerprint density at radius 1 is 0.887 bits per heavy atom. The number of imide groups is 1. The van der Waals surface area contributed by atoms with Gasteiger partial charge in [-0.05, 0) is 87.7 Å². The third kappa shape index (κ3) is 8.77. The molecule has 62 heavy (non-hydrogen) atoms. The highest BCUT2D eigenvalue weighted by Gasteiger charge is 2.45. The van der Waals surface area contributed by atoms with Gasteiger partial charge in [-0.1, -0.05) is 36.4 Å². The predicted octanol–water partition coefficient (Wildman–Crippen LogP) is 6.71. The number of hydrogen-bond donors (Lipinski definition) is 2. The Kier molecular flexibility index (Phi) is 12.6. The van der Waals surface area contributed by atoms with Crippen molar-refractivity contribution in [3.63, 3.8) is 0 Å². The lowest BCUT2D eigenvalue weighted by Gasteiger charge is -2.29. The number of piperidine rings is 1. The molecule has 1 fully saturated rings. The average Bonchev–Trinajstić information content (AvgIpc) is 3.83. The molecule has 5 heterocycles. The number of fused-ring (bicyclic) bond motifs is 4. The molecule has 0 spiro atoms. The van der Waals surface area contributed by atoms with Gasteiger partial charge >= 0.3 is 0 Å². The summed E-state index contributed by atoms with van der Waals surface area (Å²) >= 11 is 7.89. The van der Waals surface area contributed by atoms with E-state index in [4.69, 9.17) is 35.5 Å². The minimum atomic E-state index is -0.897. The number of amides is 4. The normalized spacial score (nSPS) is 16.9. The number of allylic oxidation sites excluding steroid dienone is 1. The highest BCUT2D eigenvalue weighted by atomic mass is 35.5. The van der Waals surface area contributed by atoms with Gasteiger partial charge in [-0.2, -0.15) is 0 Å². The van der Waals surface area contributed by atoms with E-state index < -0.39 is 29.8 Å². The van der Waals surface area contributed by atoms with Crippen molar-refractivity contribution in [1.29, 1.82) is 0 Å². The van der Waals surface area contributed by atoms with Crippen molar-refractivity contribution in [2.24, 2.45) is 4.99 Å². The molecule has 1 unspecified atom stereocenters. The summed E-state index contributed by atoms with van der Waals surface area (Å²) in [7, 11) is 0. The number of thiophene rings is 1. The lowest BCUT2D eigenvalue weighted by atomic mass is 9.99. The predicted molar refractivity (Wildman–Crippen MR) is 233 cm³/mol. The first-order valence-electron chi connectivity index (χ1n) is 20.2. The van der Waals surface area contributed by atoms with Crippen LogP contribution in [0.3, 0.4) is 0 Å². The number of carbonyl (C=O) groups excluding carboxylic acids is 4. The van der Waals surface area contributed by atoms with Crippen molar-refractivity contribution in [2.45, 2.75) is 52.1 Å². The summed E-state index contributed by atoms with van der Waals surface area (Å²) < 4.78 is 24.9. The molecule has 0 saturated carbocycles. The topological polar surface area (TPSA) is 176 Å². The molecular formula is C45H44ClN7O8S. The molecular weight excluding hydrogens is 834 g/mol. The van der Waals surface area contributed by atoms with E-state index in [1.807, 2.05) is 35.8 Å². The Balaban J connectivity index is 0.766. The van der Waals surface area contributed by atoms with E-state index >= 15 is 0 Å². The van der Waals surface area contributed by atoms with Crippen LogP contribution in [0.5, 0.6) is 11.5 Å². The first-order valence-corrected chi connectivity index (χ1v) is 21.3. The smallest absolute Gasteiger partial charge is 0.266 e. The minimum absolute atomic E-state index is 0.0471. The molecule has 4 amide bonds. The number of benzene rings is 3. The van der Waals surface area contributed by atoms with Crippen molar-refractivity contribution in [2.75, 3.05) is 45.0 Å². The summed E-state index contributed by atoms with van der Waals surface area (Å²) in [6, 6.07) is 18.0. The average molecular weight is 878 g/mol. The van der Waals surface area contributed by atoms with Crippen molar-refractivity contribution in [3.8, 4) is 16.5 Å². The van der Waals surface area contributed by atoms with Crippen molar-refractivity contribution < 1.29 is 38.1 Å². The number of nitrogens with one attached hydrogen (secondary N) is 2. The summed E-state index contributed by atoms with van der Waals surface area (Å²) in [5.41, 5.74) is 5.32. The van der Waals surface area contributed by atoms with E-state index in [-0.39, 0.29) is 42.4 Å². The number of halogens is 1. The fourth-order valence-electron chi connectivity index (χ4n) is 7.59. The van der Waals surface area contributed by atoms with E-state index in [0.29, 0.717) is 67.3 Å². The lowest BCUT2D eigenvalue weighted by molar-refractivity contribution is -0.125. The maximum Gasteiger partial charge on any atom is 0.266 e. The number of aliphatic imine (C=N–C) groups is 1. The van der Waals surface area contributed by atoms with E-state index in [9.17, 15) is 19.2 Å². The van der Waals surface area contributed by atoms with Crippen LogP contribution in [0, 0.1) is 20.8 Å². The Morgan fingerprint density at radius 3 is 2.32 bits per heavy atom. The molecule has 3 aliphatic heterocycles. The highest BCUT2D eigenvalue weighted by molar-refractivity contribution is 7.15. The van der Waals surface area contributed by atoms with Crippen LogP contribution in [0.15, 0.2) is 84.0 Å². The Labute approximate surface area is 366 Å². The van der Waals surface area contributed by atoms with Crippen LogP contribution in [0.4, 0.5) is 5.69 Å². The monoisotopic (exact) mass is 877 g/mol. The molecule has 2 atom stereocenters. The molecule has 0 radical (unpaired) electrons. The molecule has 1 saturated heterocycles. The molecule has 8 rings (SSSR count). The fourth-order valence-corrected chi connectivity index (χ4v) is 8.93. The van der Waals surface area contributed by atoms with Gasteiger partial charge in [-0.3, -0.25) is 33.6 Å². The molecule has 15 nitrogen and oxygen atoms in total. The molecule has 320 valence electrons. The summed E-state index contributed by atoms with van der Waals surface area (Å²) in [5, 5.41) is 16.1. The molecule has 5 aromatic rings. The zero-order valence-electron chi connectivity index (χ0n) is 34.4. The Hall–Kier alpha value is -6.20. The van der Waals surface area contributed by atoms with Crippen molar-refractivity contribution in [1.82, 2.24) is 25.0 Å². The summed E-state index contributed by atoms with van der Waals surface area (Å²) in [6.07, 6.45) is 0.848. The first-order chi connectivity index (χ1) is 30.0. The van der Waals surface area contributed by atoms with Gasteiger partial charge in [0, 0.05) is 32.4 Å². The number of hydrogen-bond acceptors (Lipinski definition) is 12. The number of ether oxygens (including phenoxy) is 4. The largest absolute Gasteiger partial charge is 0.491 e. The lowest BCUT2D eigenvalue weighted by Crippen LogP contribution is -2.51. The molecule has 17 heteroatoms. The summed E-state index contributed by atoms with van der Waals surface area (Å²) in [4.78, 5) is 59.8. The van der Waals surface area contributed by atoms with Crippen molar-refractivity contribution in [3.05, 3.63) is 128 Å². The van der Waals surface area contributed by atoms with Crippen LogP contribution in [-0.4, -0.2) is 94.7 Å². The van der Waals surface area contributed by atoms with Crippen LogP contribution >= 0.6 is 22.9 Å². The van der Waals surface area contributed by atoms with Crippen molar-refractivity contribution >= 4 is 58.0 Å². The summed E-state index contributed by atoms with van der Waals surface area (Å²) in [6.45, 7) is 11.4. The van der Waals surface area contributed by atoms with Crippen LogP contribution < -0.4 is 20.1 Å². The van der Waals surface area contributed by atoms with Gasteiger partial charge in [0.2, 0.25) is 11.8 Å². The van der Waals surface area contributed by atoms with Gasteiger partial charge in [0.05, 0.1) is 49.7 Å². The van der Waals surface area contributed by atoms with Gasteiger partial charge < -0.3 is 29.6 Å². The van der Waals surface area contributed by atoms with Gasteiger partial charge in [0.25, 0.3) is 11.8 Å². The van der Waals surface area contributed by atoms with Crippen LogP contribution in [-0.2, 0) is 19.1 Å². The fraction of sp³-hybridized carbons (Fsp3) is 0.311. The number of carbonyl (C=O) groups is 4. The van der Waals surface area contributed by atoms with Gasteiger partial charge in [0.1, 0.15) is 47.6 Å². The molecule has 2 N–H and O–H groups in total. The number of anilines is 1. The molecule has 0 aliphatic carbocycles. The highest BCUT2D eigenvalue weighted by Crippen LogP contribution is 2.40. The second-order valence-electron chi connectivity index (χ2n) is 14.9. The Morgan fingerprint density at radius 2 is 1.60 bits per heavy atom.